The van der Waals surface area contributed by atoms with Crippen molar-refractivity contribution in [2.75, 3.05) is 19.8 Å². The van der Waals surface area contributed by atoms with Gasteiger partial charge < -0.3 is 15.6 Å². The van der Waals surface area contributed by atoms with Gasteiger partial charge in [-0.05, 0) is 6.42 Å². The molecule has 0 bridgehead atoms. The Morgan fingerprint density at radius 1 is 1.64 bits per heavy atom. The van der Waals surface area contributed by atoms with E-state index >= 15 is 0 Å². The molecule has 1 amide bonds. The molecular formula is C7H13NO3. The van der Waals surface area contributed by atoms with Crippen LogP contribution in [0.15, 0.2) is 12.2 Å². The average molecular weight is 159 g/mol. The maximum absolute atomic E-state index is 10.4. The number of hydrogen-bond acceptors (Lipinski definition) is 3. The fourth-order valence-corrected chi connectivity index (χ4v) is 0.433. The number of carbonyl (C=O) groups is 1. The Kier molecular flexibility index (Phi) is 5.42. The Morgan fingerprint density at radius 2 is 2.27 bits per heavy atom. The van der Waals surface area contributed by atoms with E-state index in [4.69, 9.17) is 15.6 Å². The molecule has 0 aliphatic rings. The summed E-state index contributed by atoms with van der Waals surface area (Å²) in [5, 5.41) is 8.35. The quantitative estimate of drug-likeness (QED) is 0.402. The van der Waals surface area contributed by atoms with Crippen molar-refractivity contribution < 1.29 is 14.6 Å². The lowest BCUT2D eigenvalue weighted by Gasteiger charge is -2.01. The minimum Gasteiger partial charge on any atom is -0.396 e. The highest BCUT2D eigenvalue weighted by atomic mass is 16.5. The molecule has 0 fully saturated rings. The van der Waals surface area contributed by atoms with Crippen LogP contribution in [0.1, 0.15) is 6.42 Å². The standard InChI is InChI=1S/C7H13NO3/c1-6(7(8)10)5-11-4-2-3-9/h9H,1-5H2,(H2,8,10). The number of hydrogen-bond donors (Lipinski definition) is 2. The molecule has 0 aromatic rings. The molecule has 0 atom stereocenters. The summed E-state index contributed by atoms with van der Waals surface area (Å²) in [5.41, 5.74) is 5.14. The lowest BCUT2D eigenvalue weighted by molar-refractivity contribution is -0.115. The molecule has 0 aromatic heterocycles. The topological polar surface area (TPSA) is 72.6 Å². The van der Waals surface area contributed by atoms with Crippen LogP contribution in [0, 0.1) is 0 Å². The highest BCUT2D eigenvalue weighted by Crippen LogP contribution is 1.90. The number of carbonyl (C=O) groups excluding carboxylic acids is 1. The van der Waals surface area contributed by atoms with Crippen molar-refractivity contribution in [3.05, 3.63) is 12.2 Å². The summed E-state index contributed by atoms with van der Waals surface area (Å²) < 4.78 is 4.94. The van der Waals surface area contributed by atoms with Crippen LogP contribution < -0.4 is 5.73 Å². The zero-order chi connectivity index (χ0) is 8.69. The van der Waals surface area contributed by atoms with E-state index in [0.717, 1.165) is 0 Å². The number of aliphatic hydroxyl groups excluding tert-OH is 1. The smallest absolute Gasteiger partial charge is 0.246 e. The minimum absolute atomic E-state index is 0.0864. The zero-order valence-corrected chi connectivity index (χ0v) is 6.38. The lowest BCUT2D eigenvalue weighted by Crippen LogP contribution is -2.17. The van der Waals surface area contributed by atoms with E-state index in [1.54, 1.807) is 0 Å². The number of nitrogens with two attached hydrogens (primary N) is 1. The summed E-state index contributed by atoms with van der Waals surface area (Å²) in [7, 11) is 0. The Bertz CT molecular complexity index is 145. The number of ether oxygens (including phenoxy) is 1. The Labute approximate surface area is 65.6 Å². The van der Waals surface area contributed by atoms with Gasteiger partial charge in [0.15, 0.2) is 0 Å². The predicted octanol–water partition coefficient (Wildman–Crippen LogP) is -0.573. The van der Waals surface area contributed by atoms with Crippen molar-refractivity contribution >= 4 is 5.91 Å². The normalized spacial score (nSPS) is 9.55. The first kappa shape index (κ1) is 10.1. The van der Waals surface area contributed by atoms with Gasteiger partial charge in [-0.1, -0.05) is 6.58 Å². The highest BCUT2D eigenvalue weighted by Gasteiger charge is 1.99. The minimum atomic E-state index is -0.547. The average Bonchev–Trinajstić information content (AvgIpc) is 1.97. The Morgan fingerprint density at radius 3 is 2.73 bits per heavy atom. The molecule has 0 radical (unpaired) electrons. The molecule has 0 spiro atoms. The van der Waals surface area contributed by atoms with Crippen LogP contribution in [0.3, 0.4) is 0 Å². The van der Waals surface area contributed by atoms with E-state index < -0.39 is 5.91 Å². The monoisotopic (exact) mass is 159 g/mol. The molecule has 0 saturated carbocycles. The molecule has 11 heavy (non-hydrogen) atoms. The van der Waals surface area contributed by atoms with Crippen molar-refractivity contribution in [2.45, 2.75) is 6.42 Å². The van der Waals surface area contributed by atoms with Crippen molar-refractivity contribution in [2.24, 2.45) is 5.73 Å². The molecule has 0 saturated heterocycles. The molecule has 0 rings (SSSR count). The van der Waals surface area contributed by atoms with Gasteiger partial charge in [0.05, 0.1) is 6.61 Å². The first-order valence-electron chi connectivity index (χ1n) is 3.34. The Hall–Kier alpha value is -0.870. The van der Waals surface area contributed by atoms with E-state index in [0.29, 0.717) is 13.0 Å². The molecule has 0 heterocycles. The fraction of sp³-hybridized carbons (Fsp3) is 0.571. The van der Waals surface area contributed by atoms with Crippen LogP contribution in [-0.2, 0) is 9.53 Å². The van der Waals surface area contributed by atoms with Gasteiger partial charge in [0.1, 0.15) is 0 Å². The first-order valence-corrected chi connectivity index (χ1v) is 3.34. The fourth-order valence-electron chi connectivity index (χ4n) is 0.433. The molecule has 0 aliphatic heterocycles. The van der Waals surface area contributed by atoms with Gasteiger partial charge in [0.25, 0.3) is 0 Å². The molecule has 64 valence electrons. The summed E-state index contributed by atoms with van der Waals surface area (Å²) in [6.45, 7) is 4.04. The molecule has 3 N–H and O–H groups in total. The van der Waals surface area contributed by atoms with Crippen LogP contribution in [0.4, 0.5) is 0 Å². The molecule has 4 heteroatoms. The van der Waals surface area contributed by atoms with Crippen LogP contribution in [0.5, 0.6) is 0 Å². The Balaban J connectivity index is 3.25. The van der Waals surface area contributed by atoms with Crippen LogP contribution in [0.2, 0.25) is 0 Å². The van der Waals surface area contributed by atoms with Gasteiger partial charge in [0, 0.05) is 18.8 Å². The van der Waals surface area contributed by atoms with E-state index in [1.807, 2.05) is 0 Å². The van der Waals surface area contributed by atoms with E-state index in [2.05, 4.69) is 6.58 Å². The number of amides is 1. The van der Waals surface area contributed by atoms with Gasteiger partial charge in [-0.25, -0.2) is 0 Å². The third-order valence-corrected chi connectivity index (χ3v) is 1.07. The maximum atomic E-state index is 10.4. The molecule has 0 aliphatic carbocycles. The largest absolute Gasteiger partial charge is 0.396 e. The summed E-state index contributed by atoms with van der Waals surface area (Å²) in [5.74, 6) is -0.547. The van der Waals surface area contributed by atoms with Crippen molar-refractivity contribution in [3.8, 4) is 0 Å². The van der Waals surface area contributed by atoms with Crippen molar-refractivity contribution in [1.82, 2.24) is 0 Å². The number of primary amides is 1. The van der Waals surface area contributed by atoms with E-state index in [1.165, 1.54) is 0 Å². The SMILES string of the molecule is C=C(COCCCO)C(N)=O. The van der Waals surface area contributed by atoms with E-state index in [-0.39, 0.29) is 18.8 Å². The predicted molar refractivity (Wildman–Crippen MR) is 40.9 cm³/mol. The van der Waals surface area contributed by atoms with Gasteiger partial charge >= 0.3 is 0 Å². The molecule has 4 nitrogen and oxygen atoms in total. The third kappa shape index (κ3) is 5.57. The van der Waals surface area contributed by atoms with E-state index in [9.17, 15) is 4.79 Å². The molecular weight excluding hydrogens is 146 g/mol. The molecule has 0 aromatic carbocycles. The number of rotatable bonds is 6. The van der Waals surface area contributed by atoms with Crippen LogP contribution in [-0.4, -0.2) is 30.8 Å². The summed E-state index contributed by atoms with van der Waals surface area (Å²) in [4.78, 5) is 10.4. The summed E-state index contributed by atoms with van der Waals surface area (Å²) in [6, 6.07) is 0. The second-order valence-corrected chi connectivity index (χ2v) is 2.10. The second kappa shape index (κ2) is 5.88. The van der Waals surface area contributed by atoms with Gasteiger partial charge in [-0.3, -0.25) is 4.79 Å². The molecule has 0 unspecified atom stereocenters. The van der Waals surface area contributed by atoms with Crippen molar-refractivity contribution in [3.63, 3.8) is 0 Å². The number of aliphatic hydroxyl groups is 1. The van der Waals surface area contributed by atoms with Crippen LogP contribution >= 0.6 is 0 Å². The lowest BCUT2D eigenvalue weighted by atomic mass is 10.3. The van der Waals surface area contributed by atoms with Gasteiger partial charge in [0.2, 0.25) is 5.91 Å². The zero-order valence-electron chi connectivity index (χ0n) is 6.38. The maximum Gasteiger partial charge on any atom is 0.246 e. The second-order valence-electron chi connectivity index (χ2n) is 2.10. The van der Waals surface area contributed by atoms with Gasteiger partial charge in [-0.2, -0.15) is 0 Å². The highest BCUT2D eigenvalue weighted by molar-refractivity contribution is 5.91. The summed E-state index contributed by atoms with van der Waals surface area (Å²) >= 11 is 0. The van der Waals surface area contributed by atoms with Gasteiger partial charge in [-0.15, -0.1) is 0 Å². The summed E-state index contributed by atoms with van der Waals surface area (Å²) in [6.07, 6.45) is 0.562. The van der Waals surface area contributed by atoms with Crippen molar-refractivity contribution in [1.29, 1.82) is 0 Å². The first-order chi connectivity index (χ1) is 5.18. The third-order valence-electron chi connectivity index (χ3n) is 1.07. The van der Waals surface area contributed by atoms with Crippen LogP contribution in [0.25, 0.3) is 0 Å².